The minimum absolute atomic E-state index is 0.311. The topological polar surface area (TPSA) is 97.1 Å². The van der Waals surface area contributed by atoms with Crippen molar-refractivity contribution in [2.24, 2.45) is 0 Å². The van der Waals surface area contributed by atoms with E-state index in [1.807, 2.05) is 0 Å². The van der Waals surface area contributed by atoms with Crippen molar-refractivity contribution in [3.05, 3.63) is 12.4 Å². The number of aryl methyl sites for hydroxylation is 1. The van der Waals surface area contributed by atoms with Crippen LogP contribution in [0, 0.1) is 0 Å². The van der Waals surface area contributed by atoms with Gasteiger partial charge in [-0.2, -0.15) is 0 Å². The van der Waals surface area contributed by atoms with Crippen LogP contribution in [0.15, 0.2) is 12.4 Å². The molecule has 7 nitrogen and oxygen atoms in total. The number of carbonyl (C=O) groups is 2. The van der Waals surface area contributed by atoms with Gasteiger partial charge < -0.3 is 10.4 Å². The van der Waals surface area contributed by atoms with Gasteiger partial charge in [0.1, 0.15) is 0 Å². The molecule has 0 atom stereocenters. The number of carbonyl (C=O) groups excluding carboxylic acids is 1. The maximum absolute atomic E-state index is 10.6. The average molecular weight is 198 g/mol. The number of amides is 1. The molecule has 0 fully saturated rings. The minimum Gasteiger partial charge on any atom is -0.474 e. The van der Waals surface area contributed by atoms with Gasteiger partial charge in [-0.1, -0.05) is 5.21 Å². The van der Waals surface area contributed by atoms with Crippen molar-refractivity contribution >= 4 is 11.9 Å². The molecule has 7 heteroatoms. The Balaban J connectivity index is 2.11. The number of nitrogens with one attached hydrogen (secondary N) is 1. The van der Waals surface area contributed by atoms with E-state index in [4.69, 9.17) is 5.11 Å². The van der Waals surface area contributed by atoms with Crippen molar-refractivity contribution in [2.45, 2.75) is 13.0 Å². The van der Waals surface area contributed by atoms with E-state index in [0.717, 1.165) is 0 Å². The molecular weight excluding hydrogens is 188 g/mol. The van der Waals surface area contributed by atoms with Crippen LogP contribution in [0.5, 0.6) is 0 Å². The van der Waals surface area contributed by atoms with E-state index in [1.165, 1.54) is 0 Å². The van der Waals surface area contributed by atoms with Crippen molar-refractivity contribution in [3.63, 3.8) is 0 Å². The molecule has 0 radical (unpaired) electrons. The summed E-state index contributed by atoms with van der Waals surface area (Å²) in [5, 5.41) is 17.8. The van der Waals surface area contributed by atoms with Crippen LogP contribution in [-0.2, 0) is 16.1 Å². The largest absolute Gasteiger partial charge is 0.474 e. The van der Waals surface area contributed by atoms with Crippen molar-refractivity contribution < 1.29 is 14.7 Å². The Hall–Kier alpha value is -1.92. The summed E-state index contributed by atoms with van der Waals surface area (Å²) in [5.41, 5.74) is 0. The summed E-state index contributed by atoms with van der Waals surface area (Å²) >= 11 is 0. The first kappa shape index (κ1) is 10.2. The number of aromatic nitrogens is 3. The molecule has 0 saturated carbocycles. The van der Waals surface area contributed by atoms with E-state index in [1.54, 1.807) is 17.1 Å². The molecule has 0 unspecified atom stereocenters. The van der Waals surface area contributed by atoms with Gasteiger partial charge in [-0.3, -0.25) is 9.48 Å². The molecule has 14 heavy (non-hydrogen) atoms. The van der Waals surface area contributed by atoms with Gasteiger partial charge in [0.05, 0.1) is 6.20 Å². The maximum Gasteiger partial charge on any atom is 0.394 e. The summed E-state index contributed by atoms with van der Waals surface area (Å²) in [4.78, 5) is 20.6. The third-order valence-electron chi connectivity index (χ3n) is 1.52. The lowest BCUT2D eigenvalue weighted by Gasteiger charge is -2.01. The Bertz CT molecular complexity index is 309. The van der Waals surface area contributed by atoms with Crippen LogP contribution >= 0.6 is 0 Å². The first-order chi connectivity index (χ1) is 6.70. The summed E-state index contributed by atoms with van der Waals surface area (Å²) in [5.74, 6) is -2.45. The van der Waals surface area contributed by atoms with Gasteiger partial charge in [-0.05, 0) is 6.42 Å². The number of aliphatic carboxylic acids is 1. The second kappa shape index (κ2) is 4.95. The van der Waals surface area contributed by atoms with Crippen molar-refractivity contribution in [2.75, 3.05) is 6.54 Å². The summed E-state index contributed by atoms with van der Waals surface area (Å²) in [6.07, 6.45) is 3.86. The third-order valence-corrected chi connectivity index (χ3v) is 1.52. The monoisotopic (exact) mass is 198 g/mol. The van der Waals surface area contributed by atoms with Crippen molar-refractivity contribution in [3.8, 4) is 0 Å². The molecule has 1 aromatic rings. The number of rotatable bonds is 4. The molecule has 1 aromatic heterocycles. The number of nitrogens with zero attached hydrogens (tertiary/aromatic N) is 3. The molecule has 1 heterocycles. The van der Waals surface area contributed by atoms with Crippen LogP contribution in [0.2, 0.25) is 0 Å². The Labute approximate surface area is 79.7 Å². The second-order valence-electron chi connectivity index (χ2n) is 2.58. The standard InChI is InChI=1S/C7H10N4O3/c12-6(7(13)14)8-2-1-4-11-5-3-9-10-11/h3,5H,1-2,4H2,(H,8,12)(H,13,14). The fourth-order valence-corrected chi connectivity index (χ4v) is 0.871. The molecule has 0 aliphatic carbocycles. The quantitative estimate of drug-likeness (QED) is 0.471. The molecule has 0 bridgehead atoms. The molecule has 76 valence electrons. The van der Waals surface area contributed by atoms with Crippen LogP contribution < -0.4 is 5.32 Å². The predicted octanol–water partition coefficient (Wildman–Crippen LogP) is -1.13. The zero-order chi connectivity index (χ0) is 10.4. The fraction of sp³-hybridized carbons (Fsp3) is 0.429. The van der Waals surface area contributed by atoms with E-state index in [0.29, 0.717) is 19.5 Å². The summed E-state index contributed by atoms with van der Waals surface area (Å²) in [6.45, 7) is 0.908. The van der Waals surface area contributed by atoms with E-state index < -0.39 is 11.9 Å². The van der Waals surface area contributed by atoms with Gasteiger partial charge >= 0.3 is 11.9 Å². The average Bonchev–Trinajstić information content (AvgIpc) is 2.64. The van der Waals surface area contributed by atoms with E-state index in [-0.39, 0.29) is 0 Å². The molecule has 0 aliphatic rings. The number of hydrogen-bond donors (Lipinski definition) is 2. The molecule has 1 amide bonds. The summed E-state index contributed by atoms with van der Waals surface area (Å²) < 4.78 is 1.60. The van der Waals surface area contributed by atoms with Gasteiger partial charge in [0.2, 0.25) is 0 Å². The zero-order valence-electron chi connectivity index (χ0n) is 7.38. The Morgan fingerprint density at radius 2 is 2.29 bits per heavy atom. The lowest BCUT2D eigenvalue weighted by molar-refractivity contribution is -0.150. The molecular formula is C7H10N4O3. The number of hydrogen-bond acceptors (Lipinski definition) is 4. The van der Waals surface area contributed by atoms with Crippen LogP contribution in [0.3, 0.4) is 0 Å². The van der Waals surface area contributed by atoms with Gasteiger partial charge in [-0.15, -0.1) is 5.10 Å². The maximum atomic E-state index is 10.6. The Morgan fingerprint density at radius 1 is 1.50 bits per heavy atom. The highest BCUT2D eigenvalue weighted by molar-refractivity contribution is 6.31. The third kappa shape index (κ3) is 3.21. The highest BCUT2D eigenvalue weighted by Gasteiger charge is 2.08. The first-order valence-electron chi connectivity index (χ1n) is 4.05. The molecule has 0 aromatic carbocycles. The molecule has 1 rings (SSSR count). The van der Waals surface area contributed by atoms with Gasteiger partial charge in [-0.25, -0.2) is 4.79 Å². The molecule has 0 saturated heterocycles. The van der Waals surface area contributed by atoms with E-state index in [2.05, 4.69) is 15.6 Å². The number of carboxylic acids is 1. The molecule has 0 aliphatic heterocycles. The SMILES string of the molecule is O=C(O)C(=O)NCCCn1ccnn1. The molecule has 0 spiro atoms. The summed E-state index contributed by atoms with van der Waals surface area (Å²) in [7, 11) is 0. The summed E-state index contributed by atoms with van der Waals surface area (Å²) in [6, 6.07) is 0. The van der Waals surface area contributed by atoms with Crippen molar-refractivity contribution in [1.82, 2.24) is 20.3 Å². The normalized spacial score (nSPS) is 9.71. The van der Waals surface area contributed by atoms with Crippen molar-refractivity contribution in [1.29, 1.82) is 0 Å². The lowest BCUT2D eigenvalue weighted by atomic mass is 10.4. The van der Waals surface area contributed by atoms with Crippen LogP contribution in [0.1, 0.15) is 6.42 Å². The van der Waals surface area contributed by atoms with Crippen LogP contribution in [0.25, 0.3) is 0 Å². The van der Waals surface area contributed by atoms with E-state index >= 15 is 0 Å². The van der Waals surface area contributed by atoms with E-state index in [9.17, 15) is 9.59 Å². The number of carboxylic acid groups (broad SMARTS) is 1. The predicted molar refractivity (Wildman–Crippen MR) is 45.3 cm³/mol. The minimum atomic E-state index is -1.47. The smallest absolute Gasteiger partial charge is 0.394 e. The van der Waals surface area contributed by atoms with Crippen LogP contribution in [-0.4, -0.2) is 38.5 Å². The lowest BCUT2D eigenvalue weighted by Crippen LogP contribution is -2.31. The first-order valence-corrected chi connectivity index (χ1v) is 4.05. The Morgan fingerprint density at radius 3 is 2.86 bits per heavy atom. The van der Waals surface area contributed by atoms with Crippen LogP contribution in [0.4, 0.5) is 0 Å². The zero-order valence-corrected chi connectivity index (χ0v) is 7.38. The van der Waals surface area contributed by atoms with Gasteiger partial charge in [0.25, 0.3) is 0 Å². The second-order valence-corrected chi connectivity index (χ2v) is 2.58. The highest BCUT2D eigenvalue weighted by atomic mass is 16.4. The van der Waals surface area contributed by atoms with Gasteiger partial charge in [0, 0.05) is 19.3 Å². The fourth-order valence-electron chi connectivity index (χ4n) is 0.871. The highest BCUT2D eigenvalue weighted by Crippen LogP contribution is 1.85. The Kier molecular flexibility index (Phi) is 3.59. The molecule has 2 N–H and O–H groups in total. The van der Waals surface area contributed by atoms with Gasteiger partial charge in [0.15, 0.2) is 0 Å².